The minimum atomic E-state index is -0.457. The average Bonchev–Trinajstić information content (AvgIpc) is 2.43. The normalized spacial score (nSPS) is 10.6. The van der Waals surface area contributed by atoms with Gasteiger partial charge >= 0.3 is 5.97 Å². The van der Waals surface area contributed by atoms with E-state index in [2.05, 4.69) is 10.3 Å². The van der Waals surface area contributed by atoms with Crippen LogP contribution in [0.2, 0.25) is 0 Å². The number of hydrogen-bond donors (Lipinski definition) is 1. The number of aromatic nitrogens is 1. The molecule has 2 rings (SSSR count). The maximum Gasteiger partial charge on any atom is 0.341 e. The van der Waals surface area contributed by atoms with Gasteiger partial charge in [0.15, 0.2) is 0 Å². The van der Waals surface area contributed by atoms with Crippen molar-refractivity contribution in [3.8, 4) is 0 Å². The largest absolute Gasteiger partial charge is 0.462 e. The monoisotopic (exact) mass is 276 g/mol. The number of ether oxygens (including phenoxy) is 1. The van der Waals surface area contributed by atoms with E-state index in [0.717, 1.165) is 5.56 Å². The maximum absolute atomic E-state index is 13.9. The van der Waals surface area contributed by atoms with Crippen molar-refractivity contribution in [2.24, 2.45) is 0 Å². The van der Waals surface area contributed by atoms with E-state index in [4.69, 9.17) is 4.74 Å². The summed E-state index contributed by atoms with van der Waals surface area (Å²) >= 11 is 0. The summed E-state index contributed by atoms with van der Waals surface area (Å²) in [7, 11) is 0. The maximum atomic E-state index is 13.9. The Bertz CT molecular complexity index is 656. The molecule has 106 valence electrons. The highest BCUT2D eigenvalue weighted by Crippen LogP contribution is 2.30. The molecule has 1 aromatic carbocycles. The zero-order valence-electron chi connectivity index (χ0n) is 11.8. The third kappa shape index (κ3) is 2.43. The Balaban J connectivity index is 2.74. The summed E-state index contributed by atoms with van der Waals surface area (Å²) in [6.07, 6.45) is 1.36. The molecule has 0 aliphatic heterocycles. The van der Waals surface area contributed by atoms with Crippen molar-refractivity contribution in [3.63, 3.8) is 0 Å². The second-order valence-electron chi connectivity index (χ2n) is 4.39. The van der Waals surface area contributed by atoms with Gasteiger partial charge in [0.05, 0.1) is 12.3 Å². The summed E-state index contributed by atoms with van der Waals surface area (Å²) in [5, 5.41) is 3.74. The number of esters is 1. The van der Waals surface area contributed by atoms with Crippen molar-refractivity contribution in [1.82, 2.24) is 4.98 Å². The number of aryl methyl sites for hydroxylation is 1. The highest BCUT2D eigenvalue weighted by Gasteiger charge is 2.18. The van der Waals surface area contributed by atoms with E-state index < -0.39 is 11.8 Å². The Kier molecular flexibility index (Phi) is 4.17. The molecule has 2 aromatic rings. The van der Waals surface area contributed by atoms with E-state index in [1.165, 1.54) is 12.3 Å². The van der Waals surface area contributed by atoms with Gasteiger partial charge in [-0.25, -0.2) is 9.18 Å². The van der Waals surface area contributed by atoms with Crippen molar-refractivity contribution in [1.29, 1.82) is 0 Å². The van der Waals surface area contributed by atoms with Crippen LogP contribution in [-0.4, -0.2) is 24.1 Å². The van der Waals surface area contributed by atoms with Gasteiger partial charge in [0.1, 0.15) is 16.9 Å². The number of halogens is 1. The summed E-state index contributed by atoms with van der Waals surface area (Å²) in [6.45, 7) is 6.41. The van der Waals surface area contributed by atoms with Crippen LogP contribution in [0.4, 0.5) is 10.1 Å². The molecule has 1 heterocycles. The lowest BCUT2D eigenvalue weighted by molar-refractivity contribution is 0.0527. The summed E-state index contributed by atoms with van der Waals surface area (Å²) < 4.78 is 18.9. The van der Waals surface area contributed by atoms with Gasteiger partial charge in [-0.05, 0) is 32.4 Å². The molecular weight excluding hydrogens is 259 g/mol. The van der Waals surface area contributed by atoms with Gasteiger partial charge in [-0.2, -0.15) is 0 Å². The van der Waals surface area contributed by atoms with Crippen LogP contribution >= 0.6 is 0 Å². The standard InChI is InChI=1S/C15H17FN2O2/c1-4-17-13-10(15(19)20-5-2)8-18-14-11(16)7-6-9(3)12(13)14/h6-8H,4-5H2,1-3H3,(H,17,18). The fourth-order valence-corrected chi connectivity index (χ4v) is 2.16. The quantitative estimate of drug-likeness (QED) is 0.871. The Morgan fingerprint density at radius 2 is 2.15 bits per heavy atom. The number of carbonyl (C=O) groups excluding carboxylic acids is 1. The molecule has 1 aromatic heterocycles. The molecule has 0 aliphatic rings. The van der Waals surface area contributed by atoms with Crippen LogP contribution in [0.25, 0.3) is 10.9 Å². The smallest absolute Gasteiger partial charge is 0.341 e. The van der Waals surface area contributed by atoms with E-state index in [1.807, 2.05) is 13.8 Å². The van der Waals surface area contributed by atoms with Crippen LogP contribution in [0.1, 0.15) is 29.8 Å². The summed E-state index contributed by atoms with van der Waals surface area (Å²) in [6, 6.07) is 3.06. The first kappa shape index (κ1) is 14.2. The minimum absolute atomic E-state index is 0.258. The van der Waals surface area contributed by atoms with E-state index in [0.29, 0.717) is 23.2 Å². The number of anilines is 1. The van der Waals surface area contributed by atoms with Crippen molar-refractivity contribution >= 4 is 22.6 Å². The van der Waals surface area contributed by atoms with Crippen LogP contribution < -0.4 is 5.32 Å². The fourth-order valence-electron chi connectivity index (χ4n) is 2.16. The Labute approximate surface area is 117 Å². The summed E-state index contributed by atoms with van der Waals surface area (Å²) in [5.41, 5.74) is 2.02. The van der Waals surface area contributed by atoms with Crippen LogP contribution in [0, 0.1) is 12.7 Å². The average molecular weight is 276 g/mol. The molecule has 0 fully saturated rings. The zero-order valence-corrected chi connectivity index (χ0v) is 11.8. The number of pyridine rings is 1. The molecule has 0 spiro atoms. The van der Waals surface area contributed by atoms with Gasteiger partial charge in [0.2, 0.25) is 0 Å². The van der Waals surface area contributed by atoms with E-state index >= 15 is 0 Å². The number of rotatable bonds is 4. The van der Waals surface area contributed by atoms with Crippen LogP contribution in [-0.2, 0) is 4.74 Å². The lowest BCUT2D eigenvalue weighted by atomic mass is 10.0. The molecule has 0 atom stereocenters. The number of fused-ring (bicyclic) bond motifs is 1. The van der Waals surface area contributed by atoms with E-state index in [1.54, 1.807) is 13.0 Å². The van der Waals surface area contributed by atoms with Crippen molar-refractivity contribution < 1.29 is 13.9 Å². The number of nitrogens with zero attached hydrogens (tertiary/aromatic N) is 1. The zero-order chi connectivity index (χ0) is 14.7. The molecule has 0 saturated heterocycles. The molecule has 20 heavy (non-hydrogen) atoms. The highest BCUT2D eigenvalue weighted by molar-refractivity contribution is 6.06. The molecule has 5 heteroatoms. The first-order chi connectivity index (χ1) is 9.60. The second-order valence-corrected chi connectivity index (χ2v) is 4.39. The number of nitrogens with one attached hydrogen (secondary N) is 1. The SMILES string of the molecule is CCNc1c(C(=O)OCC)cnc2c(F)ccc(C)c12. The van der Waals surface area contributed by atoms with Crippen molar-refractivity contribution in [2.75, 3.05) is 18.5 Å². The third-order valence-corrected chi connectivity index (χ3v) is 3.03. The van der Waals surface area contributed by atoms with Gasteiger partial charge in [-0.1, -0.05) is 6.07 Å². The van der Waals surface area contributed by atoms with E-state index in [9.17, 15) is 9.18 Å². The molecule has 0 aliphatic carbocycles. The Hall–Kier alpha value is -2.17. The predicted molar refractivity (Wildman–Crippen MR) is 76.6 cm³/mol. The first-order valence-electron chi connectivity index (χ1n) is 6.58. The van der Waals surface area contributed by atoms with Crippen LogP contribution in [0.3, 0.4) is 0 Å². The molecular formula is C15H17FN2O2. The molecule has 0 radical (unpaired) electrons. The molecule has 0 unspecified atom stereocenters. The molecule has 0 bridgehead atoms. The number of benzene rings is 1. The third-order valence-electron chi connectivity index (χ3n) is 3.03. The van der Waals surface area contributed by atoms with Crippen LogP contribution in [0.15, 0.2) is 18.3 Å². The van der Waals surface area contributed by atoms with Gasteiger partial charge in [-0.3, -0.25) is 4.98 Å². The summed E-state index contributed by atoms with van der Waals surface area (Å²) in [4.78, 5) is 16.1. The lowest BCUT2D eigenvalue weighted by Gasteiger charge is -2.14. The van der Waals surface area contributed by atoms with Gasteiger partial charge in [-0.15, -0.1) is 0 Å². The number of hydrogen-bond acceptors (Lipinski definition) is 4. The van der Waals surface area contributed by atoms with Gasteiger partial charge < -0.3 is 10.1 Å². The molecule has 4 nitrogen and oxygen atoms in total. The topological polar surface area (TPSA) is 51.2 Å². The minimum Gasteiger partial charge on any atom is -0.462 e. The van der Waals surface area contributed by atoms with Crippen molar-refractivity contribution in [2.45, 2.75) is 20.8 Å². The number of carbonyl (C=O) groups is 1. The fraction of sp³-hybridized carbons (Fsp3) is 0.333. The molecule has 1 N–H and O–H groups in total. The summed E-state index contributed by atoms with van der Waals surface area (Å²) in [5.74, 6) is -0.860. The van der Waals surface area contributed by atoms with Crippen molar-refractivity contribution in [3.05, 3.63) is 35.3 Å². The first-order valence-corrected chi connectivity index (χ1v) is 6.58. The van der Waals surface area contributed by atoms with Crippen LogP contribution in [0.5, 0.6) is 0 Å². The lowest BCUT2D eigenvalue weighted by Crippen LogP contribution is -2.11. The second kappa shape index (κ2) is 5.86. The van der Waals surface area contributed by atoms with Gasteiger partial charge in [0, 0.05) is 18.1 Å². The van der Waals surface area contributed by atoms with E-state index in [-0.39, 0.29) is 12.1 Å². The molecule has 0 amide bonds. The molecule has 0 saturated carbocycles. The highest BCUT2D eigenvalue weighted by atomic mass is 19.1. The Morgan fingerprint density at radius 3 is 2.80 bits per heavy atom. The van der Waals surface area contributed by atoms with Gasteiger partial charge in [0.25, 0.3) is 0 Å². The Morgan fingerprint density at radius 1 is 1.40 bits per heavy atom. The predicted octanol–water partition coefficient (Wildman–Crippen LogP) is 3.29.